The van der Waals surface area contributed by atoms with Crippen LogP contribution in [0.5, 0.6) is 11.5 Å². The highest BCUT2D eigenvalue weighted by atomic mass is 35.5. The average molecular weight is 579 g/mol. The van der Waals surface area contributed by atoms with Crippen LogP contribution >= 0.6 is 11.6 Å². The molecule has 1 aromatic carbocycles. The van der Waals surface area contributed by atoms with Crippen molar-refractivity contribution in [3.63, 3.8) is 0 Å². The lowest BCUT2D eigenvalue weighted by molar-refractivity contribution is -0.135. The summed E-state index contributed by atoms with van der Waals surface area (Å²) in [6.07, 6.45) is 4.85. The third-order valence-electron chi connectivity index (χ3n) is 7.29. The predicted octanol–water partition coefficient (Wildman–Crippen LogP) is 6.72. The quantitative estimate of drug-likeness (QED) is 0.237. The second-order valence-electron chi connectivity index (χ2n) is 11.6. The molecule has 39 heavy (non-hydrogen) atoms. The molecule has 0 atom stereocenters. The Bertz CT molecular complexity index is 1340. The molecule has 2 aliphatic rings. The van der Waals surface area contributed by atoms with Crippen LogP contribution in [0.4, 0.5) is 19.3 Å². The molecular formula is C27H33ClF2N4O4Si. The molecule has 5 rings (SSSR count). The summed E-state index contributed by atoms with van der Waals surface area (Å²) in [5, 5.41) is 3.34. The maximum atomic E-state index is 15.0. The molecule has 0 unspecified atom stereocenters. The first-order valence-corrected chi connectivity index (χ1v) is 17.1. The number of amides is 2. The van der Waals surface area contributed by atoms with E-state index in [0.717, 1.165) is 44.2 Å². The van der Waals surface area contributed by atoms with Gasteiger partial charge in [-0.2, -0.15) is 0 Å². The van der Waals surface area contributed by atoms with Crippen LogP contribution in [0.15, 0.2) is 30.6 Å². The summed E-state index contributed by atoms with van der Waals surface area (Å²) in [4.78, 5) is 18.7. The van der Waals surface area contributed by atoms with E-state index >= 15 is 8.78 Å². The number of rotatable bonds is 8. The molecule has 2 fully saturated rings. The van der Waals surface area contributed by atoms with Crippen LogP contribution in [-0.2, 0) is 16.2 Å². The molecule has 0 bridgehead atoms. The van der Waals surface area contributed by atoms with Gasteiger partial charge in [0.25, 0.3) is 0 Å². The summed E-state index contributed by atoms with van der Waals surface area (Å²) in [7, 11) is -1.23. The molecule has 1 spiro atoms. The number of nitrogens with one attached hydrogen (secondary N) is 1. The molecule has 0 aliphatic carbocycles. The average Bonchev–Trinajstić information content (AvgIpc) is 3.18. The molecule has 0 radical (unpaired) electrons. The van der Waals surface area contributed by atoms with Crippen molar-refractivity contribution in [2.45, 2.75) is 45.3 Å². The van der Waals surface area contributed by atoms with Crippen LogP contribution in [-0.4, -0.2) is 61.5 Å². The first-order chi connectivity index (χ1) is 18.5. The minimum Gasteiger partial charge on any atom is -0.450 e. The van der Waals surface area contributed by atoms with Gasteiger partial charge in [-0.3, -0.25) is 0 Å². The van der Waals surface area contributed by atoms with Crippen molar-refractivity contribution in [2.24, 2.45) is 5.41 Å². The van der Waals surface area contributed by atoms with Crippen LogP contribution < -0.4 is 10.1 Å². The van der Waals surface area contributed by atoms with Gasteiger partial charge in [0.05, 0.1) is 23.6 Å². The third-order valence-corrected chi connectivity index (χ3v) is 9.28. The summed E-state index contributed by atoms with van der Waals surface area (Å²) >= 11 is 6.46. The fourth-order valence-corrected chi connectivity index (χ4v) is 5.82. The second kappa shape index (κ2) is 11.0. The summed E-state index contributed by atoms with van der Waals surface area (Å²) in [6, 6.07) is 4.20. The van der Waals surface area contributed by atoms with Gasteiger partial charge >= 0.3 is 6.03 Å². The van der Waals surface area contributed by atoms with Crippen LogP contribution in [0, 0.1) is 17.0 Å². The SMILES string of the molecule is C[Si](C)(C)CCOCn1cc(Cl)c2c(Oc3c(F)cc(NC(=O)N4CCC5(CC4)COC5)cc3F)ccnc21. The zero-order chi connectivity index (χ0) is 27.8. The number of fused-ring (bicyclic) bond motifs is 1. The number of piperidine rings is 1. The number of carbonyl (C=O) groups is 1. The molecule has 1 N–H and O–H groups in total. The number of ether oxygens (including phenoxy) is 3. The lowest BCUT2D eigenvalue weighted by Crippen LogP contribution is -2.52. The minimum absolute atomic E-state index is 0.00846. The van der Waals surface area contributed by atoms with Gasteiger partial charge in [-0.25, -0.2) is 18.6 Å². The van der Waals surface area contributed by atoms with E-state index < -0.39 is 31.5 Å². The van der Waals surface area contributed by atoms with Gasteiger partial charge < -0.3 is 29.0 Å². The molecule has 2 aromatic heterocycles. The number of halogens is 3. The molecule has 8 nitrogen and oxygen atoms in total. The summed E-state index contributed by atoms with van der Waals surface area (Å²) in [6.45, 7) is 10.3. The molecule has 12 heteroatoms. The van der Waals surface area contributed by atoms with E-state index in [1.165, 1.54) is 12.3 Å². The maximum absolute atomic E-state index is 15.0. The van der Waals surface area contributed by atoms with E-state index in [-0.39, 0.29) is 23.6 Å². The number of anilines is 1. The smallest absolute Gasteiger partial charge is 0.321 e. The van der Waals surface area contributed by atoms with Crippen LogP contribution in [0.25, 0.3) is 11.0 Å². The standard InChI is InChI=1S/C27H33ClF2N4O4Si/c1-39(2,3)11-10-36-17-34-14-19(28)23-22(4-7-31-25(23)34)38-24-20(29)12-18(13-21(24)30)32-26(35)33-8-5-27(6-9-33)15-37-16-27/h4,7,12-14H,5-6,8-11,15-17H2,1-3H3,(H,32,35). The number of hydrogen-bond acceptors (Lipinski definition) is 5. The van der Waals surface area contributed by atoms with Crippen molar-refractivity contribution in [1.82, 2.24) is 14.5 Å². The van der Waals surface area contributed by atoms with Crippen molar-refractivity contribution in [3.8, 4) is 11.5 Å². The Labute approximate surface area is 232 Å². The topological polar surface area (TPSA) is 77.9 Å². The first kappa shape index (κ1) is 27.8. The molecule has 2 saturated heterocycles. The fraction of sp³-hybridized carbons (Fsp3) is 0.481. The number of hydrogen-bond donors (Lipinski definition) is 1. The van der Waals surface area contributed by atoms with E-state index in [0.29, 0.717) is 35.8 Å². The van der Waals surface area contributed by atoms with Crippen molar-refractivity contribution >= 4 is 42.4 Å². The number of likely N-dealkylation sites (tertiary alicyclic amines) is 1. The molecule has 0 saturated carbocycles. The van der Waals surface area contributed by atoms with Crippen LogP contribution in [0.2, 0.25) is 30.7 Å². The van der Waals surface area contributed by atoms with Gasteiger partial charge in [0.1, 0.15) is 18.1 Å². The Hall–Kier alpha value is -2.73. The zero-order valence-electron chi connectivity index (χ0n) is 22.4. The highest BCUT2D eigenvalue weighted by molar-refractivity contribution is 6.76. The van der Waals surface area contributed by atoms with Gasteiger partial charge in [0.2, 0.25) is 0 Å². The van der Waals surface area contributed by atoms with Crippen molar-refractivity contribution in [1.29, 1.82) is 0 Å². The number of urea groups is 1. The maximum Gasteiger partial charge on any atom is 0.321 e. The highest BCUT2D eigenvalue weighted by Gasteiger charge is 2.42. The Kier molecular flexibility index (Phi) is 7.87. The number of carbonyl (C=O) groups excluding carboxylic acids is 1. The van der Waals surface area contributed by atoms with E-state index in [1.807, 2.05) is 0 Å². The van der Waals surface area contributed by atoms with E-state index in [2.05, 4.69) is 29.9 Å². The van der Waals surface area contributed by atoms with Crippen molar-refractivity contribution < 1.29 is 27.8 Å². The molecule has 2 amide bonds. The molecular weight excluding hydrogens is 546 g/mol. The number of pyridine rings is 1. The summed E-state index contributed by atoms with van der Waals surface area (Å²) in [5.41, 5.74) is 0.665. The Morgan fingerprint density at radius 2 is 1.90 bits per heavy atom. The van der Waals surface area contributed by atoms with Gasteiger partial charge in [-0.15, -0.1) is 0 Å². The van der Waals surface area contributed by atoms with Gasteiger partial charge in [0.15, 0.2) is 17.4 Å². The monoisotopic (exact) mass is 578 g/mol. The Balaban J connectivity index is 1.27. The fourth-order valence-electron chi connectivity index (χ4n) is 4.77. The number of benzene rings is 1. The van der Waals surface area contributed by atoms with Gasteiger partial charge in [-0.05, 0) is 25.0 Å². The van der Waals surface area contributed by atoms with Crippen LogP contribution in [0.1, 0.15) is 12.8 Å². The molecule has 210 valence electrons. The Morgan fingerprint density at radius 1 is 1.21 bits per heavy atom. The summed E-state index contributed by atoms with van der Waals surface area (Å²) in [5.74, 6) is -2.35. The summed E-state index contributed by atoms with van der Waals surface area (Å²) < 4.78 is 48.6. The number of nitrogens with zero attached hydrogens (tertiary/aromatic N) is 3. The lowest BCUT2D eigenvalue weighted by Gasteiger charge is -2.47. The lowest BCUT2D eigenvalue weighted by atomic mass is 9.77. The van der Waals surface area contributed by atoms with Crippen molar-refractivity contribution in [3.05, 3.63) is 47.2 Å². The number of aromatic nitrogens is 2. The van der Waals surface area contributed by atoms with Crippen LogP contribution in [0.3, 0.4) is 0 Å². The van der Waals surface area contributed by atoms with E-state index in [9.17, 15) is 4.79 Å². The highest BCUT2D eigenvalue weighted by Crippen LogP contribution is 2.39. The van der Waals surface area contributed by atoms with Crippen molar-refractivity contribution in [2.75, 3.05) is 38.2 Å². The van der Waals surface area contributed by atoms with E-state index in [4.69, 9.17) is 25.8 Å². The minimum atomic E-state index is -1.23. The second-order valence-corrected chi connectivity index (χ2v) is 17.6. The molecule has 4 heterocycles. The molecule has 2 aliphatic heterocycles. The predicted molar refractivity (Wildman–Crippen MR) is 148 cm³/mol. The largest absolute Gasteiger partial charge is 0.450 e. The third kappa shape index (κ3) is 6.21. The normalized spacial score (nSPS) is 16.9. The molecule has 3 aromatic rings. The van der Waals surface area contributed by atoms with E-state index in [1.54, 1.807) is 15.7 Å². The first-order valence-electron chi connectivity index (χ1n) is 13.1. The van der Waals surface area contributed by atoms with Gasteiger partial charge in [-0.1, -0.05) is 31.2 Å². The van der Waals surface area contributed by atoms with Gasteiger partial charge in [0, 0.05) is 63.4 Å². The zero-order valence-corrected chi connectivity index (χ0v) is 24.1. The Morgan fingerprint density at radius 3 is 2.51 bits per heavy atom.